The number of hydrogen-bond donors (Lipinski definition) is 2. The summed E-state index contributed by atoms with van der Waals surface area (Å²) < 4.78 is 7.24. The third-order valence-corrected chi connectivity index (χ3v) is 2.39. The topological polar surface area (TPSA) is 89.8 Å². The van der Waals surface area contributed by atoms with Gasteiger partial charge in [0.2, 0.25) is 11.9 Å². The van der Waals surface area contributed by atoms with Crippen molar-refractivity contribution < 1.29 is 4.74 Å². The van der Waals surface area contributed by atoms with Gasteiger partial charge >= 0.3 is 6.01 Å². The first-order valence-corrected chi connectivity index (χ1v) is 6.38. The van der Waals surface area contributed by atoms with Gasteiger partial charge in [0.15, 0.2) is 0 Å². The fourth-order valence-corrected chi connectivity index (χ4v) is 1.56. The molecule has 0 saturated carbocycles. The van der Waals surface area contributed by atoms with Gasteiger partial charge in [0.05, 0.1) is 12.3 Å². The summed E-state index contributed by atoms with van der Waals surface area (Å²) in [6.45, 7) is 4.43. The number of nitrogens with zero attached hydrogens (tertiary/aromatic N) is 5. The Morgan fingerprint density at radius 2 is 2.00 bits per heavy atom. The van der Waals surface area contributed by atoms with E-state index in [1.54, 1.807) is 17.9 Å². The van der Waals surface area contributed by atoms with E-state index in [1.165, 1.54) is 0 Å². The van der Waals surface area contributed by atoms with Gasteiger partial charge < -0.3 is 15.4 Å². The van der Waals surface area contributed by atoms with Crippen molar-refractivity contribution in [3.63, 3.8) is 0 Å². The standard InChI is InChI=1S/C12H19N7O/c1-8(2)20-12-17-10(13-3)16-11(18-12)14-5-9-6-15-19(4)7-9/h6-8H,5H2,1-4H3,(H2,13,14,16,17,18). The quantitative estimate of drug-likeness (QED) is 0.815. The third kappa shape index (κ3) is 3.81. The maximum atomic E-state index is 5.49. The molecule has 0 bridgehead atoms. The van der Waals surface area contributed by atoms with E-state index < -0.39 is 0 Å². The van der Waals surface area contributed by atoms with Crippen molar-refractivity contribution in [1.29, 1.82) is 0 Å². The normalized spacial score (nSPS) is 10.7. The van der Waals surface area contributed by atoms with E-state index >= 15 is 0 Å². The number of hydrogen-bond acceptors (Lipinski definition) is 7. The van der Waals surface area contributed by atoms with Gasteiger partial charge in [0.25, 0.3) is 0 Å². The summed E-state index contributed by atoms with van der Waals surface area (Å²) in [7, 11) is 3.62. The van der Waals surface area contributed by atoms with E-state index in [-0.39, 0.29) is 6.10 Å². The lowest BCUT2D eigenvalue weighted by Crippen LogP contribution is -2.12. The van der Waals surface area contributed by atoms with Crippen molar-refractivity contribution in [2.24, 2.45) is 7.05 Å². The highest BCUT2D eigenvalue weighted by atomic mass is 16.5. The number of aromatic nitrogens is 5. The average molecular weight is 277 g/mol. The number of ether oxygens (including phenoxy) is 1. The number of aryl methyl sites for hydroxylation is 1. The van der Waals surface area contributed by atoms with Crippen LogP contribution in [0.4, 0.5) is 11.9 Å². The number of nitrogens with one attached hydrogen (secondary N) is 2. The molecule has 0 aliphatic carbocycles. The van der Waals surface area contributed by atoms with Gasteiger partial charge in [-0.15, -0.1) is 0 Å². The number of anilines is 2. The monoisotopic (exact) mass is 277 g/mol. The zero-order valence-corrected chi connectivity index (χ0v) is 12.1. The van der Waals surface area contributed by atoms with Gasteiger partial charge in [-0.05, 0) is 13.8 Å². The SMILES string of the molecule is CNc1nc(NCc2cnn(C)c2)nc(OC(C)C)n1. The summed E-state index contributed by atoms with van der Waals surface area (Å²) in [5.74, 6) is 0.924. The zero-order chi connectivity index (χ0) is 14.5. The van der Waals surface area contributed by atoms with E-state index in [4.69, 9.17) is 4.74 Å². The lowest BCUT2D eigenvalue weighted by molar-refractivity contribution is 0.222. The highest BCUT2D eigenvalue weighted by Crippen LogP contribution is 2.13. The summed E-state index contributed by atoms with van der Waals surface area (Å²) in [5, 5.41) is 10.1. The second kappa shape index (κ2) is 6.18. The van der Waals surface area contributed by atoms with Crippen LogP contribution in [0, 0.1) is 0 Å². The summed E-state index contributed by atoms with van der Waals surface area (Å²) >= 11 is 0. The largest absolute Gasteiger partial charge is 0.461 e. The Morgan fingerprint density at radius 3 is 2.60 bits per heavy atom. The van der Waals surface area contributed by atoms with Crippen molar-refractivity contribution in [1.82, 2.24) is 24.7 Å². The summed E-state index contributed by atoms with van der Waals surface area (Å²) in [5.41, 5.74) is 1.05. The number of rotatable bonds is 6. The first-order valence-electron chi connectivity index (χ1n) is 6.38. The van der Waals surface area contributed by atoms with Crippen LogP contribution in [-0.4, -0.2) is 37.9 Å². The average Bonchev–Trinajstić information content (AvgIpc) is 2.81. The molecule has 2 aromatic rings. The molecule has 0 aliphatic rings. The Labute approximate surface area is 117 Å². The maximum absolute atomic E-state index is 5.49. The van der Waals surface area contributed by atoms with Gasteiger partial charge in [-0.25, -0.2) is 0 Å². The molecule has 2 N–H and O–H groups in total. The van der Waals surface area contributed by atoms with Crippen molar-refractivity contribution in [2.45, 2.75) is 26.5 Å². The molecule has 0 fully saturated rings. The van der Waals surface area contributed by atoms with Gasteiger partial charge in [-0.1, -0.05) is 0 Å². The molecule has 0 amide bonds. The second-order valence-electron chi connectivity index (χ2n) is 4.56. The van der Waals surface area contributed by atoms with Gasteiger partial charge in [0, 0.05) is 32.4 Å². The van der Waals surface area contributed by atoms with E-state index in [9.17, 15) is 0 Å². The van der Waals surface area contributed by atoms with Crippen LogP contribution in [0.25, 0.3) is 0 Å². The summed E-state index contributed by atoms with van der Waals surface area (Å²) in [4.78, 5) is 12.6. The minimum absolute atomic E-state index is 0.00767. The molecule has 2 rings (SSSR count). The van der Waals surface area contributed by atoms with Crippen molar-refractivity contribution in [2.75, 3.05) is 17.7 Å². The van der Waals surface area contributed by atoms with Crippen molar-refractivity contribution >= 4 is 11.9 Å². The van der Waals surface area contributed by atoms with Crippen LogP contribution in [0.5, 0.6) is 6.01 Å². The molecule has 0 unspecified atom stereocenters. The van der Waals surface area contributed by atoms with Gasteiger partial charge in [-0.3, -0.25) is 4.68 Å². The third-order valence-electron chi connectivity index (χ3n) is 2.39. The molecule has 108 valence electrons. The maximum Gasteiger partial charge on any atom is 0.323 e. The minimum atomic E-state index is 0.00767. The molecule has 0 aliphatic heterocycles. The first kappa shape index (κ1) is 14.0. The molecule has 0 radical (unpaired) electrons. The molecule has 0 atom stereocenters. The summed E-state index contributed by atoms with van der Waals surface area (Å²) in [6, 6.07) is 0.299. The van der Waals surface area contributed by atoms with Crippen LogP contribution < -0.4 is 15.4 Å². The first-order chi connectivity index (χ1) is 9.56. The summed E-state index contributed by atoms with van der Waals surface area (Å²) in [6.07, 6.45) is 3.73. The van der Waals surface area contributed by atoms with Gasteiger partial charge in [-0.2, -0.15) is 20.1 Å². The van der Waals surface area contributed by atoms with E-state index in [1.807, 2.05) is 27.1 Å². The minimum Gasteiger partial charge on any atom is -0.461 e. The van der Waals surface area contributed by atoms with Crippen molar-refractivity contribution in [3.05, 3.63) is 18.0 Å². The van der Waals surface area contributed by atoms with E-state index in [0.29, 0.717) is 24.5 Å². The van der Waals surface area contributed by atoms with Crippen LogP contribution in [0.15, 0.2) is 12.4 Å². The van der Waals surface area contributed by atoms with Crippen LogP contribution in [0.3, 0.4) is 0 Å². The van der Waals surface area contributed by atoms with Crippen LogP contribution in [0.1, 0.15) is 19.4 Å². The molecular formula is C12H19N7O. The molecule has 0 aromatic carbocycles. The second-order valence-corrected chi connectivity index (χ2v) is 4.56. The Morgan fingerprint density at radius 1 is 1.25 bits per heavy atom. The Kier molecular flexibility index (Phi) is 4.34. The Hall–Kier alpha value is -2.38. The molecule has 0 saturated heterocycles. The molecule has 8 nitrogen and oxygen atoms in total. The fourth-order valence-electron chi connectivity index (χ4n) is 1.56. The molecule has 8 heteroatoms. The molecule has 2 aromatic heterocycles. The highest BCUT2D eigenvalue weighted by molar-refractivity contribution is 5.35. The predicted molar refractivity (Wildman–Crippen MR) is 75.7 cm³/mol. The molecule has 0 spiro atoms. The zero-order valence-electron chi connectivity index (χ0n) is 12.1. The van der Waals surface area contributed by atoms with E-state index in [0.717, 1.165) is 5.56 Å². The smallest absolute Gasteiger partial charge is 0.323 e. The van der Waals surface area contributed by atoms with E-state index in [2.05, 4.69) is 30.7 Å². The fraction of sp³-hybridized carbons (Fsp3) is 0.500. The lowest BCUT2D eigenvalue weighted by atomic mass is 10.4. The molecule has 20 heavy (non-hydrogen) atoms. The van der Waals surface area contributed by atoms with Crippen LogP contribution >= 0.6 is 0 Å². The van der Waals surface area contributed by atoms with Gasteiger partial charge in [0.1, 0.15) is 0 Å². The highest BCUT2D eigenvalue weighted by Gasteiger charge is 2.08. The van der Waals surface area contributed by atoms with Crippen LogP contribution in [0.2, 0.25) is 0 Å². The molecule has 2 heterocycles. The Balaban J connectivity index is 2.09. The van der Waals surface area contributed by atoms with Crippen LogP contribution in [-0.2, 0) is 13.6 Å². The lowest BCUT2D eigenvalue weighted by Gasteiger charge is -2.10. The Bertz CT molecular complexity index is 567. The molecular weight excluding hydrogens is 258 g/mol. The van der Waals surface area contributed by atoms with Crippen molar-refractivity contribution in [3.8, 4) is 6.01 Å². The predicted octanol–water partition coefficient (Wildman–Crippen LogP) is 1.05.